The van der Waals surface area contributed by atoms with Gasteiger partial charge in [-0.3, -0.25) is 9.88 Å². The Morgan fingerprint density at radius 3 is 2.65 bits per heavy atom. The van der Waals surface area contributed by atoms with Crippen LogP contribution in [-0.2, 0) is 9.09 Å². The number of rotatable bonds is 3. The summed E-state index contributed by atoms with van der Waals surface area (Å²) in [5.41, 5.74) is 1.22. The largest absolute Gasteiger partial charge is 0.504 e. The van der Waals surface area contributed by atoms with Crippen molar-refractivity contribution in [3.63, 3.8) is 0 Å². The minimum atomic E-state index is -3.96. The molecule has 0 saturated carbocycles. The van der Waals surface area contributed by atoms with Crippen LogP contribution in [0.2, 0.25) is 0 Å². The lowest BCUT2D eigenvalue weighted by atomic mass is 10.1. The monoisotopic (exact) mass is 335 g/mol. The molecule has 1 heterocycles. The molecule has 1 saturated heterocycles. The highest BCUT2D eigenvalue weighted by atomic mass is 31.2. The summed E-state index contributed by atoms with van der Waals surface area (Å²) in [6.45, 7) is 0.0824. The van der Waals surface area contributed by atoms with E-state index in [1.54, 1.807) is 18.2 Å². The standard InChI is InChI=1S/C16H18NO5P/c1-21-14-9-5-8-12(15(14)18)16-17-13(10-22-23(16,19)20)11-6-3-2-4-7-11/h2-9,13,16-18H,10H2,1H3,(H,19,20)/t13-,16+/m0/s1. The van der Waals surface area contributed by atoms with E-state index in [1.807, 2.05) is 30.3 Å². The first-order valence-electron chi connectivity index (χ1n) is 7.17. The zero-order chi connectivity index (χ0) is 16.4. The Morgan fingerprint density at radius 1 is 1.22 bits per heavy atom. The molecule has 6 nitrogen and oxygen atoms in total. The predicted molar refractivity (Wildman–Crippen MR) is 85.5 cm³/mol. The fourth-order valence-electron chi connectivity index (χ4n) is 2.66. The SMILES string of the molecule is COc1cccc([C@@H]2N[C@H](c3ccccc3)COP2(=O)O)c1O. The molecule has 0 bridgehead atoms. The van der Waals surface area contributed by atoms with Crippen molar-refractivity contribution >= 4 is 7.60 Å². The lowest BCUT2D eigenvalue weighted by Gasteiger charge is -2.35. The van der Waals surface area contributed by atoms with E-state index in [0.717, 1.165) is 5.56 Å². The number of hydrogen-bond acceptors (Lipinski definition) is 5. The molecule has 122 valence electrons. The van der Waals surface area contributed by atoms with E-state index >= 15 is 0 Å². The Hall–Kier alpha value is -1.85. The van der Waals surface area contributed by atoms with Crippen LogP contribution in [-0.4, -0.2) is 23.7 Å². The number of nitrogens with one attached hydrogen (secondary N) is 1. The van der Waals surface area contributed by atoms with Crippen LogP contribution in [0.25, 0.3) is 0 Å². The summed E-state index contributed by atoms with van der Waals surface area (Å²) in [4.78, 5) is 10.2. The van der Waals surface area contributed by atoms with Gasteiger partial charge >= 0.3 is 7.60 Å². The fourth-order valence-corrected chi connectivity index (χ4v) is 4.10. The van der Waals surface area contributed by atoms with Crippen LogP contribution in [0.4, 0.5) is 0 Å². The topological polar surface area (TPSA) is 88.0 Å². The van der Waals surface area contributed by atoms with Gasteiger partial charge in [0.25, 0.3) is 0 Å². The number of phenolic OH excluding ortho intramolecular Hbond substituents is 1. The molecule has 1 unspecified atom stereocenters. The van der Waals surface area contributed by atoms with Crippen molar-refractivity contribution in [3.8, 4) is 11.5 Å². The van der Waals surface area contributed by atoms with Crippen LogP contribution in [0, 0.1) is 0 Å². The van der Waals surface area contributed by atoms with Crippen LogP contribution in [0.15, 0.2) is 48.5 Å². The lowest BCUT2D eigenvalue weighted by Crippen LogP contribution is -2.34. The Bertz CT molecular complexity index is 737. The van der Waals surface area contributed by atoms with Crippen molar-refractivity contribution in [2.45, 2.75) is 11.8 Å². The van der Waals surface area contributed by atoms with Gasteiger partial charge in [0.15, 0.2) is 11.5 Å². The number of hydrogen-bond donors (Lipinski definition) is 3. The third-order valence-corrected chi connectivity index (χ3v) is 5.46. The van der Waals surface area contributed by atoms with Crippen molar-refractivity contribution in [2.75, 3.05) is 13.7 Å². The molecule has 0 amide bonds. The first-order valence-corrected chi connectivity index (χ1v) is 8.81. The van der Waals surface area contributed by atoms with Crippen molar-refractivity contribution < 1.29 is 23.8 Å². The zero-order valence-corrected chi connectivity index (χ0v) is 13.4. The molecule has 1 aliphatic heterocycles. The van der Waals surface area contributed by atoms with E-state index in [-0.39, 0.29) is 29.7 Å². The molecule has 1 aliphatic rings. The maximum Gasteiger partial charge on any atom is 0.349 e. The van der Waals surface area contributed by atoms with Gasteiger partial charge in [-0.2, -0.15) is 0 Å². The fraction of sp³-hybridized carbons (Fsp3) is 0.250. The minimum absolute atomic E-state index is 0.0824. The van der Waals surface area contributed by atoms with Gasteiger partial charge in [-0.25, -0.2) is 0 Å². The molecule has 3 N–H and O–H groups in total. The summed E-state index contributed by atoms with van der Waals surface area (Å²) in [5, 5.41) is 13.4. The summed E-state index contributed by atoms with van der Waals surface area (Å²) in [5.74, 6) is -0.957. The number of benzene rings is 2. The summed E-state index contributed by atoms with van der Waals surface area (Å²) >= 11 is 0. The highest BCUT2D eigenvalue weighted by molar-refractivity contribution is 7.53. The Labute approximate surface area is 134 Å². The third kappa shape index (κ3) is 3.12. The van der Waals surface area contributed by atoms with E-state index < -0.39 is 13.4 Å². The van der Waals surface area contributed by atoms with Gasteiger partial charge in [0.05, 0.1) is 19.8 Å². The first kappa shape index (κ1) is 16.0. The number of para-hydroxylation sites is 1. The first-order chi connectivity index (χ1) is 11.0. The maximum absolute atomic E-state index is 12.4. The Balaban J connectivity index is 1.97. The molecule has 0 aliphatic carbocycles. The van der Waals surface area contributed by atoms with Gasteiger partial charge < -0.3 is 19.3 Å². The summed E-state index contributed by atoms with van der Waals surface area (Å²) in [6, 6.07) is 14.1. The molecular formula is C16H18NO5P. The highest BCUT2D eigenvalue weighted by Gasteiger charge is 2.42. The van der Waals surface area contributed by atoms with E-state index in [1.165, 1.54) is 7.11 Å². The second kappa shape index (κ2) is 6.34. The van der Waals surface area contributed by atoms with E-state index in [4.69, 9.17) is 9.26 Å². The van der Waals surface area contributed by atoms with Gasteiger partial charge in [0, 0.05) is 5.56 Å². The third-order valence-electron chi connectivity index (χ3n) is 3.86. The molecule has 2 aromatic rings. The van der Waals surface area contributed by atoms with Gasteiger partial charge in [0.2, 0.25) is 0 Å². The van der Waals surface area contributed by atoms with Crippen LogP contribution in [0.5, 0.6) is 11.5 Å². The molecule has 0 aromatic heterocycles. The zero-order valence-electron chi connectivity index (χ0n) is 12.5. The molecule has 3 rings (SSSR count). The predicted octanol–water partition coefficient (Wildman–Crippen LogP) is 2.95. The van der Waals surface area contributed by atoms with Gasteiger partial charge in [-0.15, -0.1) is 0 Å². The smallest absolute Gasteiger partial charge is 0.349 e. The van der Waals surface area contributed by atoms with Gasteiger partial charge in [0.1, 0.15) is 5.78 Å². The quantitative estimate of drug-likeness (QED) is 0.748. The van der Waals surface area contributed by atoms with Crippen LogP contribution in [0.1, 0.15) is 23.0 Å². The molecule has 2 aromatic carbocycles. The number of phenols is 1. The minimum Gasteiger partial charge on any atom is -0.504 e. The second-order valence-corrected chi connectivity index (χ2v) is 7.19. The molecular weight excluding hydrogens is 317 g/mol. The molecule has 3 atom stereocenters. The average molecular weight is 335 g/mol. The highest BCUT2D eigenvalue weighted by Crippen LogP contribution is 2.60. The molecule has 7 heteroatoms. The van der Waals surface area contributed by atoms with Crippen molar-refractivity contribution in [3.05, 3.63) is 59.7 Å². The summed E-state index contributed by atoms with van der Waals surface area (Å²) < 4.78 is 22.7. The summed E-state index contributed by atoms with van der Waals surface area (Å²) in [7, 11) is -2.53. The lowest BCUT2D eigenvalue weighted by molar-refractivity contribution is 0.180. The maximum atomic E-state index is 12.4. The van der Waals surface area contributed by atoms with Crippen LogP contribution >= 0.6 is 7.60 Å². The molecule has 0 radical (unpaired) electrons. The van der Waals surface area contributed by atoms with Crippen molar-refractivity contribution in [2.24, 2.45) is 0 Å². The number of aromatic hydroxyl groups is 1. The van der Waals surface area contributed by atoms with Gasteiger partial charge in [-0.05, 0) is 11.6 Å². The molecule has 0 spiro atoms. The van der Waals surface area contributed by atoms with Crippen LogP contribution < -0.4 is 10.1 Å². The Morgan fingerprint density at radius 2 is 1.96 bits per heavy atom. The van der Waals surface area contributed by atoms with E-state index in [2.05, 4.69) is 5.32 Å². The number of ether oxygens (including phenoxy) is 1. The molecule has 23 heavy (non-hydrogen) atoms. The Kier molecular flexibility index (Phi) is 4.41. The van der Waals surface area contributed by atoms with Crippen molar-refractivity contribution in [1.82, 2.24) is 5.32 Å². The average Bonchev–Trinajstić information content (AvgIpc) is 2.56. The van der Waals surface area contributed by atoms with E-state index in [0.29, 0.717) is 0 Å². The van der Waals surface area contributed by atoms with Crippen molar-refractivity contribution in [1.29, 1.82) is 0 Å². The normalized spacial score (nSPS) is 27.6. The number of methoxy groups -OCH3 is 1. The van der Waals surface area contributed by atoms with E-state index in [9.17, 15) is 14.6 Å². The van der Waals surface area contributed by atoms with Crippen LogP contribution in [0.3, 0.4) is 0 Å². The van der Waals surface area contributed by atoms with Gasteiger partial charge in [-0.1, -0.05) is 42.5 Å². The summed E-state index contributed by atoms with van der Waals surface area (Å²) in [6.07, 6.45) is 0. The second-order valence-electron chi connectivity index (χ2n) is 5.29. The molecule has 1 fully saturated rings.